The summed E-state index contributed by atoms with van der Waals surface area (Å²) in [5.74, 6) is -1.03. The lowest BCUT2D eigenvalue weighted by Crippen LogP contribution is -2.28. The van der Waals surface area contributed by atoms with E-state index in [1.54, 1.807) is 0 Å². The lowest BCUT2D eigenvalue weighted by Gasteiger charge is -2.14. The molecule has 20 heavy (non-hydrogen) atoms. The molecule has 1 nitrogen and oxygen atoms in total. The zero-order chi connectivity index (χ0) is 14.5. The first-order valence-electron chi connectivity index (χ1n) is 6.47. The number of hydrogen-bond donors (Lipinski definition) is 1. The topological polar surface area (TPSA) is 12.0 Å². The van der Waals surface area contributed by atoms with Crippen LogP contribution in [0.3, 0.4) is 0 Å². The summed E-state index contributed by atoms with van der Waals surface area (Å²) < 4.78 is 27.0. The van der Waals surface area contributed by atoms with Crippen molar-refractivity contribution in [2.45, 2.75) is 25.9 Å². The maximum absolute atomic E-state index is 13.5. The molecule has 0 saturated heterocycles. The second kappa shape index (κ2) is 6.82. The van der Waals surface area contributed by atoms with E-state index >= 15 is 0 Å². The average molecular weight is 296 g/mol. The van der Waals surface area contributed by atoms with Crippen molar-refractivity contribution in [2.24, 2.45) is 0 Å². The van der Waals surface area contributed by atoms with Crippen LogP contribution in [0.5, 0.6) is 0 Å². The van der Waals surface area contributed by atoms with E-state index < -0.39 is 11.6 Å². The van der Waals surface area contributed by atoms with Gasteiger partial charge in [-0.1, -0.05) is 29.8 Å². The van der Waals surface area contributed by atoms with Crippen molar-refractivity contribution < 1.29 is 8.78 Å². The molecule has 0 heterocycles. The molecule has 1 N–H and O–H groups in total. The van der Waals surface area contributed by atoms with Crippen molar-refractivity contribution in [3.8, 4) is 0 Å². The summed E-state index contributed by atoms with van der Waals surface area (Å²) in [6, 6.07) is 11.6. The van der Waals surface area contributed by atoms with Crippen LogP contribution in [-0.4, -0.2) is 6.04 Å². The maximum Gasteiger partial charge on any atom is 0.130 e. The molecule has 0 saturated carbocycles. The predicted octanol–water partition coefficient (Wildman–Crippen LogP) is 4.34. The Labute approximate surface area is 122 Å². The summed E-state index contributed by atoms with van der Waals surface area (Å²) in [7, 11) is 0. The van der Waals surface area contributed by atoms with E-state index in [2.05, 4.69) is 5.32 Å². The fourth-order valence-electron chi connectivity index (χ4n) is 2.02. The van der Waals surface area contributed by atoms with Crippen LogP contribution < -0.4 is 5.32 Å². The quantitative estimate of drug-likeness (QED) is 0.865. The molecular weight excluding hydrogens is 280 g/mol. The van der Waals surface area contributed by atoms with Crippen LogP contribution in [0.25, 0.3) is 0 Å². The summed E-state index contributed by atoms with van der Waals surface area (Å²) in [6.07, 6.45) is 0.771. The van der Waals surface area contributed by atoms with Crippen molar-refractivity contribution in [2.75, 3.05) is 0 Å². The first kappa shape index (κ1) is 14.9. The van der Waals surface area contributed by atoms with Crippen LogP contribution in [0.1, 0.15) is 18.1 Å². The largest absolute Gasteiger partial charge is 0.310 e. The third-order valence-corrected chi connectivity index (χ3v) is 3.40. The van der Waals surface area contributed by atoms with Gasteiger partial charge in [0.25, 0.3) is 0 Å². The Hall–Kier alpha value is -1.45. The van der Waals surface area contributed by atoms with E-state index in [1.807, 2.05) is 31.2 Å². The van der Waals surface area contributed by atoms with Gasteiger partial charge in [0, 0.05) is 23.2 Å². The zero-order valence-electron chi connectivity index (χ0n) is 11.2. The summed E-state index contributed by atoms with van der Waals surface area (Å²) in [4.78, 5) is 0. The molecule has 0 spiro atoms. The molecule has 0 aliphatic rings. The molecule has 0 aromatic heterocycles. The molecule has 0 fully saturated rings. The minimum atomic E-state index is -0.517. The summed E-state index contributed by atoms with van der Waals surface area (Å²) in [5, 5.41) is 3.83. The summed E-state index contributed by atoms with van der Waals surface area (Å²) in [6.45, 7) is 2.15. The van der Waals surface area contributed by atoms with Gasteiger partial charge in [-0.2, -0.15) is 0 Å². The average Bonchev–Trinajstić information content (AvgIpc) is 2.41. The predicted molar refractivity (Wildman–Crippen MR) is 77.8 cm³/mol. The molecule has 0 radical (unpaired) electrons. The lowest BCUT2D eigenvalue weighted by molar-refractivity contribution is 0.498. The van der Waals surface area contributed by atoms with Crippen LogP contribution in [0.15, 0.2) is 42.5 Å². The van der Waals surface area contributed by atoms with Gasteiger partial charge < -0.3 is 5.32 Å². The van der Waals surface area contributed by atoms with Gasteiger partial charge in [-0.25, -0.2) is 8.78 Å². The van der Waals surface area contributed by atoms with Crippen LogP contribution in [0, 0.1) is 11.6 Å². The molecule has 0 amide bonds. The number of rotatable bonds is 5. The van der Waals surface area contributed by atoms with E-state index in [4.69, 9.17) is 11.6 Å². The van der Waals surface area contributed by atoms with Crippen molar-refractivity contribution >= 4 is 11.6 Å². The van der Waals surface area contributed by atoms with Crippen molar-refractivity contribution in [1.29, 1.82) is 0 Å². The van der Waals surface area contributed by atoms with Crippen LogP contribution >= 0.6 is 11.6 Å². The highest BCUT2D eigenvalue weighted by Gasteiger charge is 2.10. The van der Waals surface area contributed by atoms with Gasteiger partial charge in [0.05, 0.1) is 0 Å². The first-order chi connectivity index (χ1) is 9.56. The minimum Gasteiger partial charge on any atom is -0.310 e. The van der Waals surface area contributed by atoms with E-state index in [1.165, 1.54) is 18.2 Å². The highest BCUT2D eigenvalue weighted by Crippen LogP contribution is 2.13. The highest BCUT2D eigenvalue weighted by atomic mass is 35.5. The van der Waals surface area contributed by atoms with Gasteiger partial charge in [-0.3, -0.25) is 0 Å². The molecule has 1 atom stereocenters. The van der Waals surface area contributed by atoms with E-state index in [9.17, 15) is 8.78 Å². The number of nitrogens with one attached hydrogen (secondary N) is 1. The van der Waals surface area contributed by atoms with Gasteiger partial charge >= 0.3 is 0 Å². The Morgan fingerprint density at radius 3 is 2.25 bits per heavy atom. The third-order valence-electron chi connectivity index (χ3n) is 3.14. The summed E-state index contributed by atoms with van der Waals surface area (Å²) in [5.41, 5.74) is 1.21. The monoisotopic (exact) mass is 295 g/mol. The zero-order valence-corrected chi connectivity index (χ0v) is 11.9. The molecule has 2 aromatic rings. The van der Waals surface area contributed by atoms with Crippen molar-refractivity contribution in [3.05, 3.63) is 70.2 Å². The second-order valence-corrected chi connectivity index (χ2v) is 5.25. The molecule has 2 aromatic carbocycles. The standard InChI is InChI=1S/C16H16ClF2N/c1-11(9-12-5-7-13(17)8-6-12)20-10-14-15(18)3-2-4-16(14)19/h2-8,11,20H,9-10H2,1H3. The molecule has 0 aliphatic heterocycles. The van der Waals surface area contributed by atoms with Gasteiger partial charge in [-0.05, 0) is 43.2 Å². The molecule has 4 heteroatoms. The van der Waals surface area contributed by atoms with Gasteiger partial charge in [-0.15, -0.1) is 0 Å². The molecular formula is C16H16ClF2N. The third kappa shape index (κ3) is 4.02. The van der Waals surface area contributed by atoms with Crippen LogP contribution in [0.2, 0.25) is 5.02 Å². The van der Waals surface area contributed by atoms with Gasteiger partial charge in [0.15, 0.2) is 0 Å². The number of hydrogen-bond acceptors (Lipinski definition) is 1. The maximum atomic E-state index is 13.5. The van der Waals surface area contributed by atoms with Crippen LogP contribution in [-0.2, 0) is 13.0 Å². The van der Waals surface area contributed by atoms with Gasteiger partial charge in [0.1, 0.15) is 11.6 Å². The fourth-order valence-corrected chi connectivity index (χ4v) is 2.15. The number of benzene rings is 2. The highest BCUT2D eigenvalue weighted by molar-refractivity contribution is 6.30. The minimum absolute atomic E-state index is 0.0791. The van der Waals surface area contributed by atoms with Crippen molar-refractivity contribution in [1.82, 2.24) is 5.32 Å². The molecule has 0 bridgehead atoms. The van der Waals surface area contributed by atoms with E-state index in [0.29, 0.717) is 5.02 Å². The smallest absolute Gasteiger partial charge is 0.130 e. The van der Waals surface area contributed by atoms with Crippen molar-refractivity contribution in [3.63, 3.8) is 0 Å². The molecule has 1 unspecified atom stereocenters. The normalized spacial score (nSPS) is 12.4. The summed E-state index contributed by atoms with van der Waals surface area (Å²) >= 11 is 5.83. The Kier molecular flexibility index (Phi) is 5.10. The lowest BCUT2D eigenvalue weighted by atomic mass is 10.1. The van der Waals surface area contributed by atoms with Crippen LogP contribution in [0.4, 0.5) is 8.78 Å². The SMILES string of the molecule is CC(Cc1ccc(Cl)cc1)NCc1c(F)cccc1F. The van der Waals surface area contributed by atoms with E-state index in [-0.39, 0.29) is 18.2 Å². The van der Waals surface area contributed by atoms with Gasteiger partial charge in [0.2, 0.25) is 0 Å². The molecule has 106 valence electrons. The number of halogens is 3. The molecule has 0 aliphatic carbocycles. The Bertz CT molecular complexity index is 549. The fraction of sp³-hybridized carbons (Fsp3) is 0.250. The second-order valence-electron chi connectivity index (χ2n) is 4.81. The Morgan fingerprint density at radius 2 is 1.65 bits per heavy atom. The Morgan fingerprint density at radius 1 is 1.05 bits per heavy atom. The molecule has 2 rings (SSSR count). The Balaban J connectivity index is 1.92. The van der Waals surface area contributed by atoms with E-state index in [0.717, 1.165) is 12.0 Å². The first-order valence-corrected chi connectivity index (χ1v) is 6.85.